The molecular formula is C13H18O2S. The number of Topliss-reactive ketones (excluding diaryl/α,β-unsaturated/α-hetero) is 1. The summed E-state index contributed by atoms with van der Waals surface area (Å²) in [6.07, 6.45) is 3.23. The lowest BCUT2D eigenvalue weighted by atomic mass is 9.79. The second-order valence-electron chi connectivity index (χ2n) is 4.45. The molecule has 0 saturated heterocycles. The topological polar surface area (TPSA) is 26.3 Å². The van der Waals surface area contributed by atoms with Gasteiger partial charge in [-0.05, 0) is 44.7 Å². The van der Waals surface area contributed by atoms with Gasteiger partial charge in [0, 0.05) is 17.9 Å². The molecule has 0 aliphatic heterocycles. The number of hydrogen-bond donors (Lipinski definition) is 0. The van der Waals surface area contributed by atoms with Gasteiger partial charge in [0.25, 0.3) is 0 Å². The molecule has 1 fully saturated rings. The molecule has 0 bridgehead atoms. The van der Waals surface area contributed by atoms with Gasteiger partial charge in [-0.1, -0.05) is 0 Å². The summed E-state index contributed by atoms with van der Waals surface area (Å²) >= 11 is 1.60. The van der Waals surface area contributed by atoms with Gasteiger partial charge in [-0.3, -0.25) is 4.79 Å². The molecule has 16 heavy (non-hydrogen) atoms. The summed E-state index contributed by atoms with van der Waals surface area (Å²) < 4.78 is 5.49. The molecule has 1 aliphatic rings. The van der Waals surface area contributed by atoms with Crippen LogP contribution in [-0.2, 0) is 4.74 Å². The molecule has 0 amide bonds. The summed E-state index contributed by atoms with van der Waals surface area (Å²) in [6, 6.07) is 3.96. The van der Waals surface area contributed by atoms with Gasteiger partial charge in [0.05, 0.1) is 11.0 Å². The minimum Gasteiger partial charge on any atom is -0.378 e. The molecule has 88 valence electrons. The van der Waals surface area contributed by atoms with Crippen molar-refractivity contribution in [1.29, 1.82) is 0 Å². The molecule has 1 saturated carbocycles. The van der Waals surface area contributed by atoms with E-state index >= 15 is 0 Å². The lowest BCUT2D eigenvalue weighted by Gasteiger charge is -2.34. The van der Waals surface area contributed by atoms with Crippen molar-refractivity contribution in [1.82, 2.24) is 0 Å². The first kappa shape index (κ1) is 11.8. The maximum Gasteiger partial charge on any atom is 0.173 e. The van der Waals surface area contributed by atoms with Crippen LogP contribution in [-0.4, -0.2) is 18.5 Å². The molecule has 0 unspecified atom stereocenters. The molecule has 1 aliphatic carbocycles. The summed E-state index contributed by atoms with van der Waals surface area (Å²) in [6.45, 7) is 4.85. The zero-order chi connectivity index (χ0) is 11.5. The van der Waals surface area contributed by atoms with Crippen LogP contribution in [0.5, 0.6) is 0 Å². The third-order valence-electron chi connectivity index (χ3n) is 3.08. The highest BCUT2D eigenvalue weighted by molar-refractivity contribution is 7.14. The summed E-state index contributed by atoms with van der Waals surface area (Å²) in [5.74, 6) is 0.851. The van der Waals surface area contributed by atoms with Crippen LogP contribution < -0.4 is 0 Å². The van der Waals surface area contributed by atoms with E-state index in [0.717, 1.165) is 24.3 Å². The Balaban J connectivity index is 1.77. The molecule has 1 heterocycles. The van der Waals surface area contributed by atoms with E-state index in [4.69, 9.17) is 4.74 Å². The Labute approximate surface area is 101 Å². The summed E-state index contributed by atoms with van der Waals surface area (Å²) in [5, 5.41) is 0. The molecule has 0 spiro atoms. The van der Waals surface area contributed by atoms with Crippen molar-refractivity contribution in [2.75, 3.05) is 6.61 Å². The van der Waals surface area contributed by atoms with Gasteiger partial charge in [0.1, 0.15) is 0 Å². The number of rotatable bonds is 5. The highest BCUT2D eigenvalue weighted by Crippen LogP contribution is 2.34. The number of ketones is 1. The highest BCUT2D eigenvalue weighted by Gasteiger charge is 2.31. The average molecular weight is 238 g/mol. The molecule has 0 N–H and O–H groups in total. The molecule has 1 aromatic rings. The average Bonchev–Trinajstić information content (AvgIpc) is 2.61. The standard InChI is InChI=1S/C13H18O2S/c1-3-15-11-6-10(7-11)8-12(14)13-5-4-9(2)16-13/h4-5,10-11H,3,6-8H2,1-2H3. The molecule has 2 nitrogen and oxygen atoms in total. The van der Waals surface area contributed by atoms with Crippen LogP contribution in [0.1, 0.15) is 40.7 Å². The third-order valence-corrected chi connectivity index (χ3v) is 4.13. The van der Waals surface area contributed by atoms with Crippen molar-refractivity contribution in [2.24, 2.45) is 5.92 Å². The van der Waals surface area contributed by atoms with E-state index in [1.807, 2.05) is 26.0 Å². The van der Waals surface area contributed by atoms with Crippen LogP contribution in [0.3, 0.4) is 0 Å². The Bertz CT molecular complexity index is 364. The predicted molar refractivity (Wildman–Crippen MR) is 66.1 cm³/mol. The summed E-state index contributed by atoms with van der Waals surface area (Å²) in [7, 11) is 0. The second-order valence-corrected chi connectivity index (χ2v) is 5.74. The molecule has 2 rings (SSSR count). The quantitative estimate of drug-likeness (QED) is 0.734. The van der Waals surface area contributed by atoms with E-state index in [-0.39, 0.29) is 0 Å². The minimum atomic E-state index is 0.304. The highest BCUT2D eigenvalue weighted by atomic mass is 32.1. The van der Waals surface area contributed by atoms with Crippen molar-refractivity contribution in [3.63, 3.8) is 0 Å². The van der Waals surface area contributed by atoms with Crippen molar-refractivity contribution >= 4 is 17.1 Å². The smallest absolute Gasteiger partial charge is 0.173 e. The van der Waals surface area contributed by atoms with Crippen LogP contribution in [0.25, 0.3) is 0 Å². The summed E-state index contributed by atoms with van der Waals surface area (Å²) in [5.41, 5.74) is 0. The summed E-state index contributed by atoms with van der Waals surface area (Å²) in [4.78, 5) is 14.0. The number of ether oxygens (including phenoxy) is 1. The van der Waals surface area contributed by atoms with Gasteiger partial charge in [0.15, 0.2) is 5.78 Å². The molecule has 0 aromatic carbocycles. The fraction of sp³-hybridized carbons (Fsp3) is 0.615. The van der Waals surface area contributed by atoms with Gasteiger partial charge in [-0.2, -0.15) is 0 Å². The van der Waals surface area contributed by atoms with E-state index in [9.17, 15) is 4.79 Å². The van der Waals surface area contributed by atoms with Crippen LogP contribution in [0.2, 0.25) is 0 Å². The van der Waals surface area contributed by atoms with E-state index in [1.165, 1.54) is 4.88 Å². The number of hydrogen-bond acceptors (Lipinski definition) is 3. The Morgan fingerprint density at radius 3 is 2.81 bits per heavy atom. The van der Waals surface area contributed by atoms with E-state index < -0.39 is 0 Å². The molecule has 0 radical (unpaired) electrons. The van der Waals surface area contributed by atoms with E-state index in [2.05, 4.69) is 0 Å². The first-order chi connectivity index (χ1) is 7.69. The van der Waals surface area contributed by atoms with Gasteiger partial charge in [-0.15, -0.1) is 11.3 Å². The van der Waals surface area contributed by atoms with Crippen molar-refractivity contribution in [3.05, 3.63) is 21.9 Å². The van der Waals surface area contributed by atoms with Crippen LogP contribution in [0, 0.1) is 12.8 Å². The number of thiophene rings is 1. The molecule has 0 atom stereocenters. The van der Waals surface area contributed by atoms with Gasteiger partial charge >= 0.3 is 0 Å². The fourth-order valence-corrected chi connectivity index (χ4v) is 2.98. The zero-order valence-corrected chi connectivity index (χ0v) is 10.7. The number of carbonyl (C=O) groups is 1. The lowest BCUT2D eigenvalue weighted by molar-refractivity contribution is -0.0245. The molecule has 1 aromatic heterocycles. The first-order valence-corrected chi connectivity index (χ1v) is 6.72. The monoisotopic (exact) mass is 238 g/mol. The Morgan fingerprint density at radius 2 is 2.25 bits per heavy atom. The zero-order valence-electron chi connectivity index (χ0n) is 9.86. The van der Waals surface area contributed by atoms with Crippen molar-refractivity contribution in [2.45, 2.75) is 39.2 Å². The maximum atomic E-state index is 11.9. The third kappa shape index (κ3) is 2.71. The van der Waals surface area contributed by atoms with Crippen LogP contribution in [0.4, 0.5) is 0 Å². The van der Waals surface area contributed by atoms with Gasteiger partial charge in [0.2, 0.25) is 0 Å². The van der Waals surface area contributed by atoms with Crippen LogP contribution >= 0.6 is 11.3 Å². The predicted octanol–water partition coefficient (Wildman–Crippen LogP) is 3.44. The van der Waals surface area contributed by atoms with Crippen molar-refractivity contribution in [3.8, 4) is 0 Å². The Kier molecular flexibility index (Phi) is 3.77. The van der Waals surface area contributed by atoms with Gasteiger partial charge < -0.3 is 4.74 Å². The number of aryl methyl sites for hydroxylation is 1. The van der Waals surface area contributed by atoms with E-state index in [0.29, 0.717) is 24.2 Å². The Hall–Kier alpha value is -0.670. The normalized spacial score (nSPS) is 24.1. The maximum absolute atomic E-state index is 11.9. The van der Waals surface area contributed by atoms with E-state index in [1.54, 1.807) is 11.3 Å². The van der Waals surface area contributed by atoms with Gasteiger partial charge in [-0.25, -0.2) is 0 Å². The van der Waals surface area contributed by atoms with Crippen LogP contribution in [0.15, 0.2) is 12.1 Å². The SMILES string of the molecule is CCOC1CC(CC(=O)c2ccc(C)s2)C1. The largest absolute Gasteiger partial charge is 0.378 e. The molecular weight excluding hydrogens is 220 g/mol. The fourth-order valence-electron chi connectivity index (χ4n) is 2.16. The Morgan fingerprint density at radius 1 is 1.50 bits per heavy atom. The lowest BCUT2D eigenvalue weighted by Crippen LogP contribution is -2.32. The minimum absolute atomic E-state index is 0.304. The first-order valence-electron chi connectivity index (χ1n) is 5.90. The number of carbonyl (C=O) groups excluding carboxylic acids is 1. The van der Waals surface area contributed by atoms with Crippen molar-refractivity contribution < 1.29 is 9.53 Å². The molecule has 3 heteroatoms. The second kappa shape index (κ2) is 5.11.